The van der Waals surface area contributed by atoms with E-state index in [0.717, 1.165) is 44.0 Å². The molecule has 2 aliphatic carbocycles. The van der Waals surface area contributed by atoms with Gasteiger partial charge in [0.15, 0.2) is 5.78 Å². The standard InChI is InChI=1S/C19H25N3O/c1-13(17-15(23)12-14-18(17)19(14,2)3)21-8-10-22(11-9-21)16-6-4-5-7-20-16/h4-7,14,18H,8-12H2,1-3H3/b17-13+/t14-,18-/m1/s1. The second-order valence-corrected chi connectivity index (χ2v) is 7.69. The Morgan fingerprint density at radius 2 is 1.96 bits per heavy atom. The summed E-state index contributed by atoms with van der Waals surface area (Å²) in [6.07, 6.45) is 2.61. The van der Waals surface area contributed by atoms with Gasteiger partial charge in [-0.2, -0.15) is 0 Å². The van der Waals surface area contributed by atoms with Crippen LogP contribution in [0.1, 0.15) is 27.2 Å². The van der Waals surface area contributed by atoms with E-state index >= 15 is 0 Å². The van der Waals surface area contributed by atoms with Gasteiger partial charge in [0.2, 0.25) is 0 Å². The van der Waals surface area contributed by atoms with E-state index in [1.807, 2.05) is 18.3 Å². The summed E-state index contributed by atoms with van der Waals surface area (Å²) in [5.41, 5.74) is 2.69. The zero-order chi connectivity index (χ0) is 16.2. The summed E-state index contributed by atoms with van der Waals surface area (Å²) < 4.78 is 0. The fourth-order valence-corrected chi connectivity index (χ4v) is 4.59. The van der Waals surface area contributed by atoms with Gasteiger partial charge >= 0.3 is 0 Å². The van der Waals surface area contributed by atoms with Crippen LogP contribution in [-0.2, 0) is 4.79 Å². The first-order chi connectivity index (χ1) is 11.0. The molecule has 0 spiro atoms. The van der Waals surface area contributed by atoms with Crippen molar-refractivity contribution in [3.63, 3.8) is 0 Å². The Balaban J connectivity index is 1.48. The van der Waals surface area contributed by atoms with E-state index in [9.17, 15) is 4.79 Å². The molecule has 2 heterocycles. The first kappa shape index (κ1) is 14.7. The molecule has 2 atom stereocenters. The van der Waals surface area contributed by atoms with Gasteiger partial charge in [-0.1, -0.05) is 19.9 Å². The number of nitrogens with zero attached hydrogens (tertiary/aromatic N) is 3. The van der Waals surface area contributed by atoms with Gasteiger partial charge < -0.3 is 9.80 Å². The SMILES string of the molecule is C/C(=C1/C(=O)C[C@@H]2[C@H]1C2(C)C)N1CCN(c2ccccn2)CC1. The lowest BCUT2D eigenvalue weighted by molar-refractivity contribution is -0.115. The highest BCUT2D eigenvalue weighted by Gasteiger charge is 2.65. The van der Waals surface area contributed by atoms with Gasteiger partial charge in [-0.3, -0.25) is 4.79 Å². The molecule has 122 valence electrons. The van der Waals surface area contributed by atoms with Crippen LogP contribution in [0.2, 0.25) is 0 Å². The lowest BCUT2D eigenvalue weighted by Gasteiger charge is -2.38. The third kappa shape index (κ3) is 2.27. The van der Waals surface area contributed by atoms with E-state index in [1.165, 1.54) is 5.70 Å². The minimum absolute atomic E-state index is 0.334. The number of carbonyl (C=O) groups is 1. The first-order valence-electron chi connectivity index (χ1n) is 8.65. The van der Waals surface area contributed by atoms with Crippen LogP contribution >= 0.6 is 0 Å². The summed E-state index contributed by atoms with van der Waals surface area (Å²) >= 11 is 0. The van der Waals surface area contributed by atoms with E-state index in [4.69, 9.17) is 0 Å². The van der Waals surface area contributed by atoms with Crippen LogP contribution in [0.4, 0.5) is 5.82 Å². The monoisotopic (exact) mass is 311 g/mol. The Morgan fingerprint density at radius 3 is 2.57 bits per heavy atom. The van der Waals surface area contributed by atoms with Crippen molar-refractivity contribution in [2.75, 3.05) is 31.1 Å². The number of fused-ring (bicyclic) bond motifs is 1. The number of Topliss-reactive ketones (excluding diaryl/α,β-unsaturated/α-hetero) is 1. The number of anilines is 1. The van der Waals surface area contributed by atoms with Crippen molar-refractivity contribution >= 4 is 11.6 Å². The van der Waals surface area contributed by atoms with Crippen molar-refractivity contribution in [2.45, 2.75) is 27.2 Å². The van der Waals surface area contributed by atoms with Gasteiger partial charge in [-0.05, 0) is 36.3 Å². The summed E-state index contributed by atoms with van der Waals surface area (Å²) in [4.78, 5) is 21.5. The molecule has 1 aromatic rings. The molecule has 0 aromatic carbocycles. The summed E-state index contributed by atoms with van der Waals surface area (Å²) in [5, 5.41) is 0. The number of ketones is 1. The molecule has 1 aromatic heterocycles. The molecule has 0 N–H and O–H groups in total. The fraction of sp³-hybridized carbons (Fsp3) is 0.579. The highest BCUT2D eigenvalue weighted by Crippen LogP contribution is 2.68. The maximum Gasteiger partial charge on any atom is 0.161 e. The lowest BCUT2D eigenvalue weighted by Crippen LogP contribution is -2.46. The Labute approximate surface area is 138 Å². The Hall–Kier alpha value is -1.84. The molecule has 23 heavy (non-hydrogen) atoms. The fourth-order valence-electron chi connectivity index (χ4n) is 4.59. The number of hydrogen-bond donors (Lipinski definition) is 0. The highest BCUT2D eigenvalue weighted by molar-refractivity contribution is 6.01. The van der Waals surface area contributed by atoms with Crippen molar-refractivity contribution in [3.05, 3.63) is 35.7 Å². The number of pyridine rings is 1. The van der Waals surface area contributed by atoms with E-state index in [1.54, 1.807) is 0 Å². The topological polar surface area (TPSA) is 36.4 Å². The average molecular weight is 311 g/mol. The van der Waals surface area contributed by atoms with Gasteiger partial charge in [-0.25, -0.2) is 4.98 Å². The summed E-state index contributed by atoms with van der Waals surface area (Å²) in [7, 11) is 0. The second kappa shape index (κ2) is 5.08. The van der Waals surface area contributed by atoms with Crippen LogP contribution in [0.15, 0.2) is 35.7 Å². The van der Waals surface area contributed by atoms with E-state index in [2.05, 4.69) is 41.6 Å². The molecule has 0 unspecified atom stereocenters. The minimum Gasteiger partial charge on any atom is -0.371 e. The van der Waals surface area contributed by atoms with Crippen molar-refractivity contribution in [1.82, 2.24) is 9.88 Å². The molecule has 4 nitrogen and oxygen atoms in total. The number of allylic oxidation sites excluding steroid dienone is 2. The zero-order valence-corrected chi connectivity index (χ0v) is 14.2. The molecule has 0 bridgehead atoms. The van der Waals surface area contributed by atoms with Crippen molar-refractivity contribution < 1.29 is 4.79 Å². The van der Waals surface area contributed by atoms with Gasteiger partial charge in [-0.15, -0.1) is 0 Å². The van der Waals surface area contributed by atoms with Crippen LogP contribution < -0.4 is 4.90 Å². The van der Waals surface area contributed by atoms with E-state index in [0.29, 0.717) is 23.0 Å². The summed E-state index contributed by atoms with van der Waals surface area (Å²) in [6.45, 7) is 10.6. The number of piperazine rings is 1. The predicted octanol–water partition coefficient (Wildman–Crippen LogP) is 2.72. The van der Waals surface area contributed by atoms with Gasteiger partial charge in [0.1, 0.15) is 5.82 Å². The molecule has 0 amide bonds. The van der Waals surface area contributed by atoms with Crippen LogP contribution in [0.3, 0.4) is 0 Å². The molecular weight excluding hydrogens is 286 g/mol. The smallest absolute Gasteiger partial charge is 0.161 e. The lowest BCUT2D eigenvalue weighted by atomic mass is 9.95. The quantitative estimate of drug-likeness (QED) is 0.787. The summed E-state index contributed by atoms with van der Waals surface area (Å²) in [5.74, 6) is 2.54. The largest absolute Gasteiger partial charge is 0.371 e. The molecule has 0 radical (unpaired) electrons. The normalized spacial score (nSPS) is 31.2. The number of carbonyl (C=O) groups excluding carboxylic acids is 1. The van der Waals surface area contributed by atoms with Crippen LogP contribution in [-0.4, -0.2) is 41.8 Å². The Morgan fingerprint density at radius 1 is 1.22 bits per heavy atom. The number of hydrogen-bond acceptors (Lipinski definition) is 4. The molecular formula is C19H25N3O. The average Bonchev–Trinajstić information content (AvgIpc) is 2.92. The van der Waals surface area contributed by atoms with Crippen LogP contribution in [0, 0.1) is 17.3 Å². The third-order valence-corrected chi connectivity index (χ3v) is 6.18. The van der Waals surface area contributed by atoms with Gasteiger partial charge in [0.05, 0.1) is 0 Å². The second-order valence-electron chi connectivity index (χ2n) is 7.69. The van der Waals surface area contributed by atoms with Gasteiger partial charge in [0.25, 0.3) is 0 Å². The van der Waals surface area contributed by atoms with Crippen molar-refractivity contribution in [3.8, 4) is 0 Å². The van der Waals surface area contributed by atoms with Crippen LogP contribution in [0.5, 0.6) is 0 Å². The molecule has 4 heteroatoms. The Kier molecular flexibility index (Phi) is 3.26. The van der Waals surface area contributed by atoms with Crippen molar-refractivity contribution in [2.24, 2.45) is 17.3 Å². The predicted molar refractivity (Wildman–Crippen MR) is 91.1 cm³/mol. The molecule has 4 rings (SSSR count). The maximum absolute atomic E-state index is 12.4. The van der Waals surface area contributed by atoms with E-state index < -0.39 is 0 Å². The van der Waals surface area contributed by atoms with Crippen LogP contribution in [0.25, 0.3) is 0 Å². The highest BCUT2D eigenvalue weighted by atomic mass is 16.1. The molecule has 3 aliphatic rings. The minimum atomic E-state index is 0.334. The van der Waals surface area contributed by atoms with Gasteiger partial charge in [0, 0.05) is 50.1 Å². The molecule has 2 saturated carbocycles. The zero-order valence-electron chi connectivity index (χ0n) is 14.2. The Bertz CT molecular complexity index is 656. The number of aromatic nitrogens is 1. The number of rotatable bonds is 2. The van der Waals surface area contributed by atoms with Crippen molar-refractivity contribution in [1.29, 1.82) is 0 Å². The summed E-state index contributed by atoms with van der Waals surface area (Å²) in [6, 6.07) is 6.06. The maximum atomic E-state index is 12.4. The molecule has 1 saturated heterocycles. The third-order valence-electron chi connectivity index (χ3n) is 6.18. The first-order valence-corrected chi connectivity index (χ1v) is 8.65. The molecule has 1 aliphatic heterocycles. The van der Waals surface area contributed by atoms with E-state index in [-0.39, 0.29) is 0 Å². The molecule has 3 fully saturated rings.